The Morgan fingerprint density at radius 3 is 2.75 bits per heavy atom. The summed E-state index contributed by atoms with van der Waals surface area (Å²) in [5.41, 5.74) is 0.626. The molecule has 0 saturated heterocycles. The highest BCUT2D eigenvalue weighted by Gasteiger charge is 2.20. The van der Waals surface area contributed by atoms with Crippen LogP contribution in [0.3, 0.4) is 0 Å². The number of hydrogen-bond acceptors (Lipinski definition) is 8. The molecule has 0 spiro atoms. The number of ether oxygens (including phenoxy) is 1. The molecule has 10 heteroatoms. The predicted octanol–water partition coefficient (Wildman–Crippen LogP) is 1.43. The SMILES string of the molecule is Cc1cc(NC(=O)C(C)OC(=O)CN(C)c2ccc(Cl)nn2)on1. The summed E-state index contributed by atoms with van der Waals surface area (Å²) in [7, 11) is 1.64. The molecule has 0 saturated carbocycles. The number of carbonyl (C=O) groups is 2. The number of amides is 1. The second-order valence-electron chi connectivity index (χ2n) is 5.02. The molecule has 0 aliphatic rings. The van der Waals surface area contributed by atoms with Gasteiger partial charge in [-0.15, -0.1) is 10.2 Å². The molecule has 0 aromatic carbocycles. The Morgan fingerprint density at radius 1 is 1.42 bits per heavy atom. The van der Waals surface area contributed by atoms with Crippen molar-refractivity contribution in [1.82, 2.24) is 15.4 Å². The lowest BCUT2D eigenvalue weighted by atomic mass is 10.3. The number of halogens is 1. The minimum absolute atomic E-state index is 0.102. The van der Waals surface area contributed by atoms with Crippen LogP contribution in [0, 0.1) is 6.92 Å². The van der Waals surface area contributed by atoms with E-state index in [4.69, 9.17) is 20.9 Å². The summed E-state index contributed by atoms with van der Waals surface area (Å²) in [6.45, 7) is 3.08. The van der Waals surface area contributed by atoms with Crippen LogP contribution in [0.15, 0.2) is 22.7 Å². The molecule has 1 atom stereocenters. The Labute approximate surface area is 142 Å². The van der Waals surface area contributed by atoms with Crippen LogP contribution in [-0.2, 0) is 14.3 Å². The monoisotopic (exact) mass is 353 g/mol. The van der Waals surface area contributed by atoms with E-state index in [-0.39, 0.29) is 17.6 Å². The summed E-state index contributed by atoms with van der Waals surface area (Å²) >= 11 is 5.65. The van der Waals surface area contributed by atoms with Crippen molar-refractivity contribution in [3.05, 3.63) is 29.0 Å². The predicted molar refractivity (Wildman–Crippen MR) is 85.7 cm³/mol. The first-order valence-corrected chi connectivity index (χ1v) is 7.37. The molecular formula is C14H16ClN5O4. The van der Waals surface area contributed by atoms with Crippen molar-refractivity contribution in [3.8, 4) is 0 Å². The molecule has 2 aromatic rings. The van der Waals surface area contributed by atoms with Crippen LogP contribution in [0.25, 0.3) is 0 Å². The van der Waals surface area contributed by atoms with Gasteiger partial charge in [0.2, 0.25) is 5.88 Å². The number of anilines is 2. The maximum absolute atomic E-state index is 11.9. The molecule has 1 amide bonds. The van der Waals surface area contributed by atoms with Crippen molar-refractivity contribution in [2.75, 3.05) is 23.8 Å². The highest BCUT2D eigenvalue weighted by atomic mass is 35.5. The number of rotatable bonds is 6. The lowest BCUT2D eigenvalue weighted by molar-refractivity contribution is -0.151. The van der Waals surface area contributed by atoms with E-state index < -0.39 is 18.0 Å². The molecule has 0 fully saturated rings. The maximum atomic E-state index is 11.9. The van der Waals surface area contributed by atoms with Crippen LogP contribution in [0.2, 0.25) is 5.15 Å². The molecule has 2 aromatic heterocycles. The standard InChI is InChI=1S/C14H16ClN5O4/c1-8-6-12(24-19-8)16-14(22)9(2)23-13(21)7-20(3)11-5-4-10(15)17-18-11/h4-6,9H,7H2,1-3H3,(H,16,22). The third kappa shape index (κ3) is 4.92. The smallest absolute Gasteiger partial charge is 0.326 e. The Morgan fingerprint density at radius 2 is 2.17 bits per heavy atom. The normalized spacial score (nSPS) is 11.7. The van der Waals surface area contributed by atoms with Gasteiger partial charge in [-0.25, -0.2) is 0 Å². The number of aromatic nitrogens is 3. The molecule has 0 aliphatic heterocycles. The summed E-state index contributed by atoms with van der Waals surface area (Å²) in [5, 5.41) is 13.9. The van der Waals surface area contributed by atoms with Crippen molar-refractivity contribution in [2.24, 2.45) is 0 Å². The summed E-state index contributed by atoms with van der Waals surface area (Å²) in [5.74, 6) is -0.473. The quantitative estimate of drug-likeness (QED) is 0.776. The summed E-state index contributed by atoms with van der Waals surface area (Å²) in [6, 6.07) is 4.73. The molecule has 2 rings (SSSR count). The number of hydrogen-bond donors (Lipinski definition) is 1. The third-order valence-corrected chi connectivity index (χ3v) is 3.13. The van der Waals surface area contributed by atoms with Crippen molar-refractivity contribution < 1.29 is 18.8 Å². The minimum Gasteiger partial charge on any atom is -0.451 e. The van der Waals surface area contributed by atoms with Crippen LogP contribution < -0.4 is 10.2 Å². The molecule has 0 bridgehead atoms. The van der Waals surface area contributed by atoms with Gasteiger partial charge in [-0.3, -0.25) is 14.9 Å². The minimum atomic E-state index is -0.993. The largest absolute Gasteiger partial charge is 0.451 e. The fourth-order valence-corrected chi connectivity index (χ4v) is 1.82. The highest BCUT2D eigenvalue weighted by molar-refractivity contribution is 6.29. The van der Waals surface area contributed by atoms with E-state index in [9.17, 15) is 9.59 Å². The van der Waals surface area contributed by atoms with Crippen LogP contribution >= 0.6 is 11.6 Å². The van der Waals surface area contributed by atoms with Crippen molar-refractivity contribution in [3.63, 3.8) is 0 Å². The van der Waals surface area contributed by atoms with Crippen molar-refractivity contribution in [2.45, 2.75) is 20.0 Å². The van der Waals surface area contributed by atoms with Crippen molar-refractivity contribution in [1.29, 1.82) is 0 Å². The summed E-state index contributed by atoms with van der Waals surface area (Å²) < 4.78 is 9.94. The van der Waals surface area contributed by atoms with E-state index in [1.54, 1.807) is 32.2 Å². The van der Waals surface area contributed by atoms with Gasteiger partial charge in [-0.05, 0) is 26.0 Å². The molecule has 1 N–H and O–H groups in total. The summed E-state index contributed by atoms with van der Waals surface area (Å²) in [4.78, 5) is 25.4. The van der Waals surface area contributed by atoms with Crippen LogP contribution in [0.5, 0.6) is 0 Å². The molecule has 0 aliphatic carbocycles. The Hall–Kier alpha value is -2.68. The van der Waals surface area contributed by atoms with Gasteiger partial charge in [0, 0.05) is 13.1 Å². The van der Waals surface area contributed by atoms with Gasteiger partial charge in [0.25, 0.3) is 5.91 Å². The first-order chi connectivity index (χ1) is 11.3. The van der Waals surface area contributed by atoms with Gasteiger partial charge in [-0.1, -0.05) is 16.8 Å². The summed E-state index contributed by atoms with van der Waals surface area (Å²) in [6.07, 6.45) is -0.993. The molecule has 2 heterocycles. The molecule has 9 nitrogen and oxygen atoms in total. The lowest BCUT2D eigenvalue weighted by Crippen LogP contribution is -2.34. The number of carbonyl (C=O) groups excluding carboxylic acids is 2. The zero-order valence-corrected chi connectivity index (χ0v) is 14.1. The Kier molecular flexibility index (Phi) is 5.69. The Bertz CT molecular complexity index is 718. The van der Waals surface area contributed by atoms with E-state index in [2.05, 4.69) is 20.7 Å². The van der Waals surface area contributed by atoms with Gasteiger partial charge in [-0.2, -0.15) is 0 Å². The number of aryl methyl sites for hydroxylation is 1. The lowest BCUT2D eigenvalue weighted by Gasteiger charge is -2.18. The van der Waals surface area contributed by atoms with Gasteiger partial charge >= 0.3 is 5.97 Å². The van der Waals surface area contributed by atoms with E-state index >= 15 is 0 Å². The molecule has 0 radical (unpaired) electrons. The Balaban J connectivity index is 1.84. The zero-order chi connectivity index (χ0) is 17.7. The van der Waals surface area contributed by atoms with E-state index in [0.717, 1.165) is 0 Å². The molecule has 1 unspecified atom stereocenters. The number of nitrogens with zero attached hydrogens (tertiary/aromatic N) is 4. The van der Waals surface area contributed by atoms with Crippen molar-refractivity contribution >= 4 is 35.2 Å². The second kappa shape index (κ2) is 7.73. The van der Waals surface area contributed by atoms with E-state index in [1.807, 2.05) is 0 Å². The average molecular weight is 354 g/mol. The van der Waals surface area contributed by atoms with Gasteiger partial charge in [0.15, 0.2) is 17.1 Å². The topological polar surface area (TPSA) is 110 Å². The van der Waals surface area contributed by atoms with Gasteiger partial charge in [0.05, 0.1) is 5.69 Å². The van der Waals surface area contributed by atoms with Gasteiger partial charge < -0.3 is 14.2 Å². The number of esters is 1. The van der Waals surface area contributed by atoms with Gasteiger partial charge in [0.1, 0.15) is 6.54 Å². The first-order valence-electron chi connectivity index (χ1n) is 6.99. The number of likely N-dealkylation sites (N-methyl/N-ethyl adjacent to an activating group) is 1. The first kappa shape index (κ1) is 17.7. The average Bonchev–Trinajstić information content (AvgIpc) is 2.92. The zero-order valence-electron chi connectivity index (χ0n) is 13.3. The van der Waals surface area contributed by atoms with E-state index in [1.165, 1.54) is 11.8 Å². The van der Waals surface area contributed by atoms with Crippen LogP contribution in [0.1, 0.15) is 12.6 Å². The van der Waals surface area contributed by atoms with E-state index in [0.29, 0.717) is 11.5 Å². The van der Waals surface area contributed by atoms with Crippen LogP contribution in [-0.4, -0.2) is 46.9 Å². The van der Waals surface area contributed by atoms with Crippen LogP contribution in [0.4, 0.5) is 11.7 Å². The molecule has 24 heavy (non-hydrogen) atoms. The molecule has 128 valence electrons. The maximum Gasteiger partial charge on any atom is 0.326 e. The molecular weight excluding hydrogens is 338 g/mol. The third-order valence-electron chi connectivity index (χ3n) is 2.93. The fourth-order valence-electron chi connectivity index (χ4n) is 1.72. The second-order valence-corrected chi connectivity index (χ2v) is 5.41. The fraction of sp³-hybridized carbons (Fsp3) is 0.357. The highest BCUT2D eigenvalue weighted by Crippen LogP contribution is 2.11. The number of nitrogens with one attached hydrogen (secondary N) is 1.